The van der Waals surface area contributed by atoms with Gasteiger partial charge in [-0.3, -0.25) is 14.5 Å². The topological polar surface area (TPSA) is 113 Å². The van der Waals surface area contributed by atoms with Gasteiger partial charge in [0, 0.05) is 18.1 Å². The average molecular weight is 456 g/mol. The lowest BCUT2D eigenvalue weighted by molar-refractivity contribution is -0.144. The Kier molecular flexibility index (Phi) is 5.99. The van der Waals surface area contributed by atoms with Crippen molar-refractivity contribution in [3.8, 4) is 23.0 Å². The van der Waals surface area contributed by atoms with Gasteiger partial charge in [-0.05, 0) is 30.7 Å². The summed E-state index contributed by atoms with van der Waals surface area (Å²) in [5, 5.41) is 2.81. The minimum absolute atomic E-state index is 0.147. The molecule has 2 aliphatic rings. The van der Waals surface area contributed by atoms with Crippen LogP contribution in [0.15, 0.2) is 30.3 Å². The van der Waals surface area contributed by atoms with Crippen molar-refractivity contribution in [3.63, 3.8) is 0 Å². The van der Waals surface area contributed by atoms with Gasteiger partial charge in [0.1, 0.15) is 23.1 Å². The van der Waals surface area contributed by atoms with Crippen molar-refractivity contribution in [2.75, 3.05) is 33.8 Å². The van der Waals surface area contributed by atoms with E-state index in [-0.39, 0.29) is 30.1 Å². The first-order chi connectivity index (χ1) is 15.9. The molecule has 1 fully saturated rings. The van der Waals surface area contributed by atoms with E-state index in [9.17, 15) is 14.4 Å². The summed E-state index contributed by atoms with van der Waals surface area (Å²) < 4.78 is 26.7. The standard InChI is InChI=1S/C23H24N2O8/c1-29-12-5-7-14(17(11-12)31-3)24-21(27)15-8-10-18(26)25(15)22-13-6-9-16(30-2)20(32-4)19(13)23(28)33-22/h5-7,9,11,15,22H,8,10H2,1-4H3,(H,24,27)/t15-,22-/m0/s1. The first-order valence-corrected chi connectivity index (χ1v) is 10.2. The van der Waals surface area contributed by atoms with E-state index in [1.165, 1.54) is 33.3 Å². The van der Waals surface area contributed by atoms with Gasteiger partial charge in [0.15, 0.2) is 11.5 Å². The van der Waals surface area contributed by atoms with Crippen LogP contribution in [0.4, 0.5) is 5.69 Å². The molecule has 0 radical (unpaired) electrons. The molecule has 0 aliphatic carbocycles. The second kappa shape index (κ2) is 8.89. The summed E-state index contributed by atoms with van der Waals surface area (Å²) in [7, 11) is 5.88. The van der Waals surface area contributed by atoms with E-state index in [0.29, 0.717) is 28.5 Å². The van der Waals surface area contributed by atoms with Crippen LogP contribution in [0.3, 0.4) is 0 Å². The predicted octanol–water partition coefficient (Wildman–Crippen LogP) is 2.52. The summed E-state index contributed by atoms with van der Waals surface area (Å²) in [4.78, 5) is 40.0. The number of benzene rings is 2. The van der Waals surface area contributed by atoms with Crippen molar-refractivity contribution in [1.29, 1.82) is 0 Å². The second-order valence-corrected chi connectivity index (χ2v) is 7.43. The number of fused-ring (bicyclic) bond motifs is 1. The Labute approximate surface area is 190 Å². The van der Waals surface area contributed by atoms with Crippen molar-refractivity contribution in [2.24, 2.45) is 0 Å². The number of methoxy groups -OCH3 is 4. The van der Waals surface area contributed by atoms with Crippen molar-refractivity contribution >= 4 is 23.5 Å². The molecular weight excluding hydrogens is 432 g/mol. The summed E-state index contributed by atoms with van der Waals surface area (Å²) >= 11 is 0. The van der Waals surface area contributed by atoms with E-state index in [2.05, 4.69) is 5.32 Å². The first-order valence-electron chi connectivity index (χ1n) is 10.2. The molecule has 33 heavy (non-hydrogen) atoms. The van der Waals surface area contributed by atoms with Crippen LogP contribution >= 0.6 is 0 Å². The lowest BCUT2D eigenvalue weighted by atomic mass is 10.0. The monoisotopic (exact) mass is 456 g/mol. The Morgan fingerprint density at radius 3 is 2.42 bits per heavy atom. The number of esters is 1. The van der Waals surface area contributed by atoms with Crippen molar-refractivity contribution < 1.29 is 38.1 Å². The number of nitrogens with zero attached hydrogens (tertiary/aromatic N) is 1. The third-order valence-electron chi connectivity index (χ3n) is 5.74. The average Bonchev–Trinajstić information content (AvgIpc) is 3.37. The van der Waals surface area contributed by atoms with E-state index in [0.717, 1.165) is 0 Å². The number of ether oxygens (including phenoxy) is 5. The van der Waals surface area contributed by atoms with Crippen molar-refractivity contribution in [3.05, 3.63) is 41.5 Å². The van der Waals surface area contributed by atoms with Crippen LogP contribution in [0.1, 0.15) is 35.0 Å². The van der Waals surface area contributed by atoms with E-state index in [1.807, 2.05) is 0 Å². The number of nitrogens with one attached hydrogen (secondary N) is 1. The summed E-state index contributed by atoms with van der Waals surface area (Å²) in [5.74, 6) is 0.197. The van der Waals surface area contributed by atoms with E-state index >= 15 is 0 Å². The van der Waals surface area contributed by atoms with E-state index in [1.54, 1.807) is 30.3 Å². The fourth-order valence-corrected chi connectivity index (χ4v) is 4.16. The van der Waals surface area contributed by atoms with Gasteiger partial charge in [-0.15, -0.1) is 0 Å². The molecule has 10 heteroatoms. The maximum Gasteiger partial charge on any atom is 0.344 e. The molecule has 2 amide bonds. The maximum atomic E-state index is 13.2. The number of rotatable bonds is 7. The molecule has 0 spiro atoms. The molecule has 2 atom stereocenters. The Morgan fingerprint density at radius 1 is 1.00 bits per heavy atom. The Bertz CT molecular complexity index is 1120. The second-order valence-electron chi connectivity index (χ2n) is 7.43. The van der Waals surface area contributed by atoms with Crippen LogP contribution in [0, 0.1) is 0 Å². The van der Waals surface area contributed by atoms with Crippen LogP contribution in [0.5, 0.6) is 23.0 Å². The van der Waals surface area contributed by atoms with Crippen LogP contribution < -0.4 is 24.3 Å². The summed E-state index contributed by atoms with van der Waals surface area (Å²) in [6.07, 6.45) is -0.621. The number of amides is 2. The number of hydrogen-bond donors (Lipinski definition) is 1. The van der Waals surface area contributed by atoms with Crippen LogP contribution in [0.2, 0.25) is 0 Å². The van der Waals surface area contributed by atoms with Gasteiger partial charge < -0.3 is 29.0 Å². The van der Waals surface area contributed by atoms with E-state index < -0.39 is 24.1 Å². The molecule has 0 aromatic heterocycles. The largest absolute Gasteiger partial charge is 0.497 e. The van der Waals surface area contributed by atoms with Crippen LogP contribution in [0.25, 0.3) is 0 Å². The molecule has 2 heterocycles. The molecule has 1 saturated heterocycles. The maximum absolute atomic E-state index is 13.2. The number of cyclic esters (lactones) is 1. The smallest absolute Gasteiger partial charge is 0.344 e. The van der Waals surface area contributed by atoms with Gasteiger partial charge in [-0.25, -0.2) is 4.79 Å². The van der Waals surface area contributed by atoms with Crippen LogP contribution in [-0.4, -0.2) is 57.2 Å². The molecule has 174 valence electrons. The van der Waals surface area contributed by atoms with E-state index in [4.69, 9.17) is 23.7 Å². The Hall–Kier alpha value is -3.95. The molecule has 1 N–H and O–H groups in total. The molecule has 4 rings (SSSR count). The molecule has 2 aromatic carbocycles. The summed E-state index contributed by atoms with van der Waals surface area (Å²) in [5.41, 5.74) is 1.04. The predicted molar refractivity (Wildman–Crippen MR) is 116 cm³/mol. The fraction of sp³-hybridized carbons (Fsp3) is 0.348. The highest BCUT2D eigenvalue weighted by Crippen LogP contribution is 2.45. The van der Waals surface area contributed by atoms with Gasteiger partial charge in [0.05, 0.1) is 34.1 Å². The third kappa shape index (κ3) is 3.77. The van der Waals surface area contributed by atoms with Gasteiger partial charge in [0.25, 0.3) is 0 Å². The lowest BCUT2D eigenvalue weighted by Gasteiger charge is -2.29. The van der Waals surface area contributed by atoms with Crippen molar-refractivity contribution in [1.82, 2.24) is 4.90 Å². The number of carbonyl (C=O) groups is 3. The SMILES string of the molecule is COc1ccc(NC(=O)[C@@H]2CCC(=O)N2[C@H]2OC(=O)c3c2ccc(OC)c3OC)c(OC)c1. The molecule has 0 saturated carbocycles. The highest BCUT2D eigenvalue weighted by atomic mass is 16.6. The summed E-state index contributed by atoms with van der Waals surface area (Å²) in [6, 6.07) is 7.40. The minimum atomic E-state index is -1.05. The quantitative estimate of drug-likeness (QED) is 0.633. The highest BCUT2D eigenvalue weighted by molar-refractivity contribution is 6.02. The molecule has 2 aliphatic heterocycles. The lowest BCUT2D eigenvalue weighted by Crippen LogP contribution is -2.43. The van der Waals surface area contributed by atoms with Gasteiger partial charge in [-0.2, -0.15) is 0 Å². The van der Waals surface area contributed by atoms with Crippen molar-refractivity contribution in [2.45, 2.75) is 25.1 Å². The Balaban J connectivity index is 1.64. The number of anilines is 1. The zero-order chi connectivity index (χ0) is 23.7. The number of carbonyl (C=O) groups excluding carboxylic acids is 3. The molecule has 2 aromatic rings. The zero-order valence-corrected chi connectivity index (χ0v) is 18.7. The molecule has 0 bridgehead atoms. The Morgan fingerprint density at radius 2 is 1.76 bits per heavy atom. The van der Waals surface area contributed by atoms with Gasteiger partial charge >= 0.3 is 5.97 Å². The minimum Gasteiger partial charge on any atom is -0.497 e. The molecular formula is C23H24N2O8. The normalized spacial score (nSPS) is 19.1. The van der Waals surface area contributed by atoms with Crippen LogP contribution in [-0.2, 0) is 14.3 Å². The molecule has 10 nitrogen and oxygen atoms in total. The first kappa shape index (κ1) is 22.3. The zero-order valence-electron chi connectivity index (χ0n) is 18.7. The summed E-state index contributed by atoms with van der Waals surface area (Å²) in [6.45, 7) is 0. The number of likely N-dealkylation sites (tertiary alicyclic amines) is 1. The van der Waals surface area contributed by atoms with Gasteiger partial charge in [0.2, 0.25) is 18.0 Å². The number of hydrogen-bond acceptors (Lipinski definition) is 8. The van der Waals surface area contributed by atoms with Gasteiger partial charge in [-0.1, -0.05) is 0 Å². The molecule has 0 unspecified atom stereocenters. The third-order valence-corrected chi connectivity index (χ3v) is 5.74. The fourth-order valence-electron chi connectivity index (χ4n) is 4.16. The highest BCUT2D eigenvalue weighted by Gasteiger charge is 2.47.